The quantitative estimate of drug-likeness (QED) is 0.571. The summed E-state index contributed by atoms with van der Waals surface area (Å²) in [7, 11) is 0. The molecule has 1 aromatic rings. The maximum Gasteiger partial charge on any atom is 0.251 e. The van der Waals surface area contributed by atoms with Crippen molar-refractivity contribution in [2.45, 2.75) is 26.7 Å². The number of carbonyl (C=O) groups excluding carboxylic acids is 1. The van der Waals surface area contributed by atoms with Crippen molar-refractivity contribution in [1.82, 2.24) is 10.2 Å². The number of amides is 1. The van der Waals surface area contributed by atoms with E-state index in [0.717, 1.165) is 37.4 Å². The summed E-state index contributed by atoms with van der Waals surface area (Å²) in [5.41, 5.74) is 5.13. The van der Waals surface area contributed by atoms with Crippen LogP contribution in [0.25, 0.3) is 0 Å². The molecule has 1 aromatic carbocycles. The van der Waals surface area contributed by atoms with E-state index in [2.05, 4.69) is 22.6 Å². The highest BCUT2D eigenvalue weighted by Crippen LogP contribution is 2.17. The Morgan fingerprint density at radius 1 is 1.38 bits per heavy atom. The highest BCUT2D eigenvalue weighted by molar-refractivity contribution is 5.94. The lowest BCUT2D eigenvalue weighted by Crippen LogP contribution is -2.38. The molecule has 5 nitrogen and oxygen atoms in total. The summed E-state index contributed by atoms with van der Waals surface area (Å²) in [6.07, 6.45) is 2.34. The topological polar surface area (TPSA) is 70.4 Å². The normalized spacial score (nSPS) is 16.7. The molecule has 0 aliphatic carbocycles. The summed E-state index contributed by atoms with van der Waals surface area (Å²) in [6, 6.07) is 5.51. The summed E-state index contributed by atoms with van der Waals surface area (Å²) >= 11 is 0. The number of hydrogen-bond donors (Lipinski definition) is 3. The molecule has 1 heterocycles. The van der Waals surface area contributed by atoms with Crippen molar-refractivity contribution in [3.05, 3.63) is 29.3 Å². The smallest absolute Gasteiger partial charge is 0.251 e. The van der Waals surface area contributed by atoms with Crippen LogP contribution in [0.2, 0.25) is 0 Å². The molecule has 0 saturated carbocycles. The monoisotopic (exact) mass is 290 g/mol. The maximum absolute atomic E-state index is 12.2. The van der Waals surface area contributed by atoms with Gasteiger partial charge in [0.2, 0.25) is 0 Å². The van der Waals surface area contributed by atoms with Crippen LogP contribution >= 0.6 is 0 Å². The molecule has 2 rings (SSSR count). The fourth-order valence-corrected chi connectivity index (χ4v) is 2.81. The van der Waals surface area contributed by atoms with Crippen LogP contribution in [0.5, 0.6) is 0 Å². The average molecular weight is 290 g/mol. The zero-order valence-corrected chi connectivity index (χ0v) is 13.0. The Morgan fingerprint density at radius 2 is 2.10 bits per heavy atom. The predicted octanol–water partition coefficient (Wildman–Crippen LogP) is 1.74. The summed E-state index contributed by atoms with van der Waals surface area (Å²) in [4.78, 5) is 14.6. The second kappa shape index (κ2) is 7.43. The maximum atomic E-state index is 12.2. The summed E-state index contributed by atoms with van der Waals surface area (Å²) in [5.74, 6) is 6.00. The zero-order chi connectivity index (χ0) is 15.2. The Kier molecular flexibility index (Phi) is 5.59. The van der Waals surface area contributed by atoms with Crippen LogP contribution in [0.4, 0.5) is 5.69 Å². The van der Waals surface area contributed by atoms with Gasteiger partial charge in [-0.25, -0.2) is 0 Å². The minimum atomic E-state index is -0.000377. The Labute approximate surface area is 126 Å². The van der Waals surface area contributed by atoms with Gasteiger partial charge in [-0.1, -0.05) is 6.92 Å². The van der Waals surface area contributed by atoms with Crippen molar-refractivity contribution in [2.75, 3.05) is 31.6 Å². The molecule has 5 heteroatoms. The van der Waals surface area contributed by atoms with Crippen molar-refractivity contribution in [3.63, 3.8) is 0 Å². The number of aryl methyl sites for hydroxylation is 1. The van der Waals surface area contributed by atoms with E-state index in [1.807, 2.05) is 19.1 Å². The summed E-state index contributed by atoms with van der Waals surface area (Å²) < 4.78 is 0. The van der Waals surface area contributed by atoms with E-state index in [1.165, 1.54) is 12.8 Å². The largest absolute Gasteiger partial charge is 0.352 e. The molecule has 0 radical (unpaired) electrons. The van der Waals surface area contributed by atoms with Crippen LogP contribution in [-0.2, 0) is 0 Å². The molecule has 4 N–H and O–H groups in total. The van der Waals surface area contributed by atoms with Crippen molar-refractivity contribution in [2.24, 2.45) is 11.8 Å². The van der Waals surface area contributed by atoms with Crippen molar-refractivity contribution < 1.29 is 4.79 Å². The number of carbonyl (C=O) groups is 1. The Morgan fingerprint density at radius 3 is 2.67 bits per heavy atom. The van der Waals surface area contributed by atoms with E-state index >= 15 is 0 Å². The van der Waals surface area contributed by atoms with Crippen LogP contribution < -0.4 is 16.6 Å². The number of nitrogens with one attached hydrogen (secondary N) is 2. The molecule has 116 valence electrons. The fraction of sp³-hybridized carbons (Fsp3) is 0.562. The molecule has 0 bridgehead atoms. The second-order valence-electron chi connectivity index (χ2n) is 5.76. The number of nitrogens with zero attached hydrogens (tertiary/aromatic N) is 1. The number of nitrogens with two attached hydrogens (primary N) is 1. The van der Waals surface area contributed by atoms with Crippen molar-refractivity contribution in [1.29, 1.82) is 0 Å². The van der Waals surface area contributed by atoms with E-state index in [-0.39, 0.29) is 5.91 Å². The van der Waals surface area contributed by atoms with Gasteiger partial charge in [-0.3, -0.25) is 10.6 Å². The molecule has 21 heavy (non-hydrogen) atoms. The highest BCUT2D eigenvalue weighted by Gasteiger charge is 2.18. The summed E-state index contributed by atoms with van der Waals surface area (Å²) in [6.45, 7) is 8.32. The van der Waals surface area contributed by atoms with Gasteiger partial charge in [-0.2, -0.15) is 0 Å². The van der Waals surface area contributed by atoms with E-state index in [4.69, 9.17) is 5.84 Å². The molecule has 0 atom stereocenters. The number of anilines is 1. The predicted molar refractivity (Wildman–Crippen MR) is 86.2 cm³/mol. The first kappa shape index (κ1) is 15.8. The fourth-order valence-electron chi connectivity index (χ4n) is 2.81. The van der Waals surface area contributed by atoms with Gasteiger partial charge in [0.05, 0.1) is 5.69 Å². The van der Waals surface area contributed by atoms with Crippen LogP contribution in [0, 0.1) is 12.8 Å². The van der Waals surface area contributed by atoms with Gasteiger partial charge in [-0.15, -0.1) is 0 Å². The lowest BCUT2D eigenvalue weighted by Gasteiger charge is -2.31. The number of rotatable bonds is 5. The van der Waals surface area contributed by atoms with Gasteiger partial charge in [0.15, 0.2) is 0 Å². The number of likely N-dealkylation sites (tertiary alicyclic amines) is 1. The van der Waals surface area contributed by atoms with Crippen molar-refractivity contribution >= 4 is 11.6 Å². The number of hydrogen-bond acceptors (Lipinski definition) is 4. The Bertz CT molecular complexity index is 481. The van der Waals surface area contributed by atoms with E-state index in [9.17, 15) is 4.79 Å². The van der Waals surface area contributed by atoms with Gasteiger partial charge in [0.25, 0.3) is 5.91 Å². The standard InChI is InChI=1S/C16H26N4O/c1-3-20-8-6-13(7-9-20)11-18-16(21)14-4-5-15(19-17)12(2)10-14/h4-5,10,13,19H,3,6-9,11,17H2,1-2H3,(H,18,21). The van der Waals surface area contributed by atoms with Crippen molar-refractivity contribution in [3.8, 4) is 0 Å². The minimum Gasteiger partial charge on any atom is -0.352 e. The molecule has 1 amide bonds. The molecule has 1 fully saturated rings. The second-order valence-corrected chi connectivity index (χ2v) is 5.76. The van der Waals surface area contributed by atoms with E-state index in [0.29, 0.717) is 11.5 Å². The molecular formula is C16H26N4O. The molecular weight excluding hydrogens is 264 g/mol. The van der Waals surface area contributed by atoms with Gasteiger partial charge in [0.1, 0.15) is 0 Å². The number of nitrogen functional groups attached to an aromatic ring is 1. The Balaban J connectivity index is 1.83. The lowest BCUT2D eigenvalue weighted by molar-refractivity contribution is 0.0937. The van der Waals surface area contributed by atoms with E-state index in [1.54, 1.807) is 6.07 Å². The molecule has 1 aliphatic heterocycles. The SMILES string of the molecule is CCN1CCC(CNC(=O)c2ccc(NN)c(C)c2)CC1. The van der Waals surface area contributed by atoms with Crippen LogP contribution in [0.1, 0.15) is 35.7 Å². The van der Waals surface area contributed by atoms with Gasteiger partial charge >= 0.3 is 0 Å². The van der Waals surface area contributed by atoms with Crippen LogP contribution in [0.15, 0.2) is 18.2 Å². The van der Waals surface area contributed by atoms with Gasteiger partial charge < -0.3 is 15.6 Å². The molecule has 0 aromatic heterocycles. The average Bonchev–Trinajstić information content (AvgIpc) is 2.53. The third-order valence-electron chi connectivity index (χ3n) is 4.35. The molecule has 1 saturated heterocycles. The zero-order valence-electron chi connectivity index (χ0n) is 13.0. The molecule has 0 spiro atoms. The number of benzene rings is 1. The minimum absolute atomic E-state index is 0.000377. The third kappa shape index (κ3) is 4.19. The number of piperidine rings is 1. The van der Waals surface area contributed by atoms with E-state index < -0.39 is 0 Å². The first-order valence-corrected chi connectivity index (χ1v) is 7.71. The van der Waals surface area contributed by atoms with Crippen LogP contribution in [0.3, 0.4) is 0 Å². The van der Waals surface area contributed by atoms with Gasteiger partial charge in [-0.05, 0) is 69.1 Å². The van der Waals surface area contributed by atoms with Crippen LogP contribution in [-0.4, -0.2) is 37.0 Å². The Hall–Kier alpha value is -1.59. The first-order valence-electron chi connectivity index (χ1n) is 7.71. The third-order valence-corrected chi connectivity index (χ3v) is 4.35. The lowest BCUT2D eigenvalue weighted by atomic mass is 9.96. The summed E-state index contributed by atoms with van der Waals surface area (Å²) in [5, 5.41) is 3.06. The molecule has 1 aliphatic rings. The number of hydrazine groups is 1. The highest BCUT2D eigenvalue weighted by atomic mass is 16.1. The molecule has 0 unspecified atom stereocenters. The van der Waals surface area contributed by atoms with Gasteiger partial charge in [0, 0.05) is 12.1 Å². The first-order chi connectivity index (χ1) is 10.1.